The van der Waals surface area contributed by atoms with Gasteiger partial charge in [0.1, 0.15) is 5.65 Å². The van der Waals surface area contributed by atoms with Crippen molar-refractivity contribution >= 4 is 49.9 Å². The Kier molecular flexibility index (Phi) is 4.71. The quantitative estimate of drug-likeness (QED) is 0.409. The van der Waals surface area contributed by atoms with Crippen LogP contribution in [-0.2, 0) is 4.79 Å². The molecular weight excluding hydrogens is 428 g/mol. The molecule has 0 unspecified atom stereocenters. The molecule has 2 aromatic heterocycles. The fourth-order valence-corrected chi connectivity index (χ4v) is 5.59. The number of aliphatic carboxylic acids is 1. The van der Waals surface area contributed by atoms with E-state index in [1.54, 1.807) is 4.40 Å². The van der Waals surface area contributed by atoms with Crippen molar-refractivity contribution in [3.05, 3.63) is 65.0 Å². The zero-order chi connectivity index (χ0) is 23.4. The van der Waals surface area contributed by atoms with E-state index in [9.17, 15) is 9.59 Å². The first-order chi connectivity index (χ1) is 16.5. The first-order valence-corrected chi connectivity index (χ1v) is 11.8. The van der Waals surface area contributed by atoms with Crippen LogP contribution in [-0.4, -0.2) is 64.7 Å². The molecule has 6 rings (SSSR count). The van der Waals surface area contributed by atoms with Gasteiger partial charge in [-0.3, -0.25) is 14.0 Å². The average Bonchev–Trinajstić information content (AvgIpc) is 3.23. The highest BCUT2D eigenvalue weighted by Crippen LogP contribution is 2.35. The van der Waals surface area contributed by atoms with E-state index in [-0.39, 0.29) is 12.0 Å². The predicted molar refractivity (Wildman–Crippen MR) is 135 cm³/mol. The van der Waals surface area contributed by atoms with Crippen LogP contribution in [0.25, 0.3) is 38.2 Å². The summed E-state index contributed by atoms with van der Waals surface area (Å²) in [5.74, 6) is -0.725. The summed E-state index contributed by atoms with van der Waals surface area (Å²) in [6.07, 6.45) is 0.932. The summed E-state index contributed by atoms with van der Waals surface area (Å²) in [5.41, 5.74) is 3.50. The van der Waals surface area contributed by atoms with Crippen molar-refractivity contribution in [2.45, 2.75) is 12.8 Å². The van der Waals surface area contributed by atoms with Crippen molar-refractivity contribution < 1.29 is 14.4 Å². The van der Waals surface area contributed by atoms with Crippen LogP contribution in [0.2, 0.25) is 0 Å². The molecular formula is C27H27N4O3+. The second-order valence-corrected chi connectivity index (χ2v) is 9.70. The number of imidazole rings is 1. The molecule has 1 aliphatic heterocycles. The first-order valence-electron chi connectivity index (χ1n) is 11.8. The number of hydrogen-bond donors (Lipinski definition) is 1. The highest BCUT2D eigenvalue weighted by molar-refractivity contribution is 6.18. The van der Waals surface area contributed by atoms with Gasteiger partial charge in [0.2, 0.25) is 0 Å². The molecule has 0 spiro atoms. The second kappa shape index (κ2) is 7.67. The Hall–Kier alpha value is -3.71. The Labute approximate surface area is 196 Å². The van der Waals surface area contributed by atoms with Crippen LogP contribution in [0.4, 0.5) is 5.69 Å². The van der Waals surface area contributed by atoms with Gasteiger partial charge in [-0.1, -0.05) is 30.3 Å². The van der Waals surface area contributed by atoms with Crippen molar-refractivity contribution in [3.63, 3.8) is 0 Å². The van der Waals surface area contributed by atoms with Gasteiger partial charge in [0.15, 0.2) is 0 Å². The topological polar surface area (TPSA) is 74.9 Å². The lowest BCUT2D eigenvalue weighted by atomic mass is 10.00. The van der Waals surface area contributed by atoms with Gasteiger partial charge in [0.25, 0.3) is 5.56 Å². The zero-order valence-electron chi connectivity index (χ0n) is 19.2. The average molecular weight is 456 g/mol. The summed E-state index contributed by atoms with van der Waals surface area (Å²) in [6, 6.07) is 18.1. The smallest absolute Gasteiger partial charge is 0.303 e. The molecule has 34 heavy (non-hydrogen) atoms. The van der Waals surface area contributed by atoms with Crippen molar-refractivity contribution in [2.75, 3.05) is 44.7 Å². The minimum atomic E-state index is -0.725. The van der Waals surface area contributed by atoms with E-state index in [0.717, 1.165) is 75.5 Å². The minimum absolute atomic E-state index is 0.0275. The molecule has 0 radical (unpaired) electrons. The Morgan fingerprint density at radius 3 is 2.56 bits per heavy atom. The van der Waals surface area contributed by atoms with Gasteiger partial charge < -0.3 is 14.5 Å². The number of carboxylic acid groups (broad SMARTS) is 1. The Bertz CT molecular complexity index is 1620. The van der Waals surface area contributed by atoms with Gasteiger partial charge >= 0.3 is 5.97 Å². The number of para-hydroxylation sites is 2. The van der Waals surface area contributed by atoms with Gasteiger partial charge in [-0.25, -0.2) is 4.98 Å². The number of aromatic nitrogens is 2. The number of likely N-dealkylation sites (N-methyl/N-ethyl adjacent to an activating group) is 1. The summed E-state index contributed by atoms with van der Waals surface area (Å²) in [4.78, 5) is 31.7. The number of rotatable bonds is 5. The Morgan fingerprint density at radius 1 is 1.00 bits per heavy atom. The lowest BCUT2D eigenvalue weighted by Crippen LogP contribution is -2.57. The zero-order valence-corrected chi connectivity index (χ0v) is 19.2. The van der Waals surface area contributed by atoms with Crippen LogP contribution in [0.1, 0.15) is 12.8 Å². The second-order valence-electron chi connectivity index (χ2n) is 9.70. The number of hydrogen-bond acceptors (Lipinski definition) is 4. The van der Waals surface area contributed by atoms with Crippen LogP contribution < -0.4 is 10.5 Å². The van der Waals surface area contributed by atoms with Crippen LogP contribution in [0.15, 0.2) is 59.4 Å². The van der Waals surface area contributed by atoms with E-state index >= 15 is 0 Å². The van der Waals surface area contributed by atoms with Gasteiger partial charge in [-0.2, -0.15) is 0 Å². The maximum absolute atomic E-state index is 13.6. The fraction of sp³-hybridized carbons (Fsp3) is 0.296. The fourth-order valence-electron chi connectivity index (χ4n) is 5.59. The molecule has 7 nitrogen and oxygen atoms in total. The highest BCUT2D eigenvalue weighted by atomic mass is 16.4. The minimum Gasteiger partial charge on any atom is -0.481 e. The molecule has 172 valence electrons. The summed E-state index contributed by atoms with van der Waals surface area (Å²) in [6.45, 7) is 4.62. The van der Waals surface area contributed by atoms with Crippen molar-refractivity contribution in [2.24, 2.45) is 0 Å². The van der Waals surface area contributed by atoms with E-state index in [1.165, 1.54) is 0 Å². The molecule has 1 fully saturated rings. The van der Waals surface area contributed by atoms with Gasteiger partial charge in [0, 0.05) is 33.7 Å². The standard InChI is InChI=1S/C27H26N4O3/c1-31(15-5-10-24(32)33)16-13-29(14-17-31)22-12-11-20-25-18(22)6-4-7-19(25)26-28-21-8-2-3-9-23(21)30(26)27(20)34/h2-4,6-9,11-12H,5,10,13-17H2,1H3/p+1. The number of piperazine rings is 1. The Balaban J connectivity index is 1.42. The van der Waals surface area contributed by atoms with Gasteiger partial charge in [0.05, 0.1) is 57.2 Å². The summed E-state index contributed by atoms with van der Waals surface area (Å²) in [7, 11) is 2.22. The molecule has 7 heteroatoms. The lowest BCUT2D eigenvalue weighted by Gasteiger charge is -2.43. The van der Waals surface area contributed by atoms with Crippen molar-refractivity contribution in [1.82, 2.24) is 9.38 Å². The van der Waals surface area contributed by atoms with Crippen LogP contribution in [0, 0.1) is 0 Å². The number of anilines is 1. The molecule has 1 N–H and O–H groups in total. The summed E-state index contributed by atoms with van der Waals surface area (Å²) < 4.78 is 2.64. The van der Waals surface area contributed by atoms with E-state index in [4.69, 9.17) is 10.1 Å². The number of carbonyl (C=O) groups is 1. The third-order valence-corrected chi connectivity index (χ3v) is 7.50. The number of carboxylic acids is 1. The molecule has 0 bridgehead atoms. The number of fused-ring (bicyclic) bond motifs is 4. The summed E-state index contributed by atoms with van der Waals surface area (Å²) in [5, 5.41) is 12.7. The molecule has 0 saturated carbocycles. The van der Waals surface area contributed by atoms with Crippen LogP contribution in [0.3, 0.4) is 0 Å². The largest absolute Gasteiger partial charge is 0.481 e. The van der Waals surface area contributed by atoms with E-state index < -0.39 is 5.97 Å². The van der Waals surface area contributed by atoms with Crippen LogP contribution >= 0.6 is 0 Å². The number of quaternary nitrogens is 1. The Morgan fingerprint density at radius 2 is 1.76 bits per heavy atom. The summed E-state index contributed by atoms with van der Waals surface area (Å²) >= 11 is 0. The predicted octanol–water partition coefficient (Wildman–Crippen LogP) is 3.72. The third kappa shape index (κ3) is 3.19. The normalized spacial score (nSPS) is 16.2. The molecule has 1 saturated heterocycles. The molecule has 0 amide bonds. The van der Waals surface area contributed by atoms with Crippen molar-refractivity contribution in [1.29, 1.82) is 0 Å². The first kappa shape index (κ1) is 20.9. The number of pyridine rings is 1. The van der Waals surface area contributed by atoms with E-state index in [2.05, 4.69) is 36.2 Å². The van der Waals surface area contributed by atoms with E-state index in [0.29, 0.717) is 12.1 Å². The molecule has 3 heterocycles. The lowest BCUT2D eigenvalue weighted by molar-refractivity contribution is -0.910. The number of nitrogens with zero attached hydrogens (tertiary/aromatic N) is 4. The molecule has 0 aliphatic carbocycles. The molecule has 1 aliphatic rings. The number of benzene rings is 3. The molecule has 5 aromatic rings. The SMILES string of the molecule is C[N+]1(CCCC(=O)O)CCN(c2ccc3c(=O)n4c5ccccc5nc4c4cccc2c34)CC1. The maximum Gasteiger partial charge on any atom is 0.303 e. The van der Waals surface area contributed by atoms with E-state index in [1.807, 2.05) is 30.3 Å². The van der Waals surface area contributed by atoms with Crippen molar-refractivity contribution in [3.8, 4) is 0 Å². The van der Waals surface area contributed by atoms with Crippen LogP contribution in [0.5, 0.6) is 0 Å². The van der Waals surface area contributed by atoms with Gasteiger partial charge in [-0.05, 0) is 24.3 Å². The van der Waals surface area contributed by atoms with Gasteiger partial charge in [-0.15, -0.1) is 0 Å². The third-order valence-electron chi connectivity index (χ3n) is 7.50. The maximum atomic E-state index is 13.6. The molecule has 3 aromatic carbocycles. The molecule has 0 atom stereocenters. The monoisotopic (exact) mass is 455 g/mol. The highest BCUT2D eigenvalue weighted by Gasteiger charge is 2.29.